The second-order valence-electron chi connectivity index (χ2n) is 3.89. The average Bonchev–Trinajstić information content (AvgIpc) is 2.47. The lowest BCUT2D eigenvalue weighted by atomic mass is 10.0. The Morgan fingerprint density at radius 3 is 2.95 bits per heavy atom. The number of oxime groups is 1. The smallest absolute Gasteiger partial charge is 0.175 e. The fourth-order valence-corrected chi connectivity index (χ4v) is 1.82. The molecule has 1 heterocycles. The molecular formula is C13H17N3O3. The number of benzene rings is 1. The van der Waals surface area contributed by atoms with Crippen molar-refractivity contribution >= 4 is 11.5 Å². The van der Waals surface area contributed by atoms with Crippen molar-refractivity contribution in [1.82, 2.24) is 5.48 Å². The quantitative estimate of drug-likeness (QED) is 0.638. The first-order valence-corrected chi connectivity index (χ1v) is 5.97. The standard InChI is InChI=1S/C13H17N3O3/c1-17-9-10-5-3-4-6-11(10)12(15-18-2)13-14-7-8-19-16-13/h3-6H,7-9H2,1-2H3,(H,14,16)/b15-12+. The highest BCUT2D eigenvalue weighted by atomic mass is 16.6. The number of hydroxylamine groups is 1. The van der Waals surface area contributed by atoms with Gasteiger partial charge >= 0.3 is 0 Å². The summed E-state index contributed by atoms with van der Waals surface area (Å²) in [5.41, 5.74) is 5.29. The van der Waals surface area contributed by atoms with Gasteiger partial charge in [0.05, 0.1) is 19.8 Å². The number of aliphatic imine (C=N–C) groups is 1. The van der Waals surface area contributed by atoms with Gasteiger partial charge in [0.25, 0.3) is 0 Å². The molecule has 0 amide bonds. The topological polar surface area (TPSA) is 64.4 Å². The zero-order chi connectivity index (χ0) is 13.5. The van der Waals surface area contributed by atoms with Crippen LogP contribution in [0, 0.1) is 0 Å². The van der Waals surface area contributed by atoms with Gasteiger partial charge in [-0.1, -0.05) is 29.4 Å². The Labute approximate surface area is 112 Å². The second kappa shape index (κ2) is 6.86. The van der Waals surface area contributed by atoms with Gasteiger partial charge in [-0.05, 0) is 5.56 Å². The minimum atomic E-state index is 0.493. The van der Waals surface area contributed by atoms with Crippen molar-refractivity contribution in [3.05, 3.63) is 35.4 Å². The van der Waals surface area contributed by atoms with Crippen LogP contribution in [0.3, 0.4) is 0 Å². The Bertz CT molecular complexity index is 486. The molecule has 1 aromatic rings. The summed E-state index contributed by atoms with van der Waals surface area (Å²) in [4.78, 5) is 14.5. The highest BCUT2D eigenvalue weighted by Gasteiger charge is 2.18. The Morgan fingerprint density at radius 2 is 2.26 bits per heavy atom. The molecule has 19 heavy (non-hydrogen) atoms. The van der Waals surface area contributed by atoms with Crippen LogP contribution < -0.4 is 5.48 Å². The Kier molecular flexibility index (Phi) is 4.88. The highest BCUT2D eigenvalue weighted by molar-refractivity contribution is 6.47. The van der Waals surface area contributed by atoms with Gasteiger partial charge in [0.15, 0.2) is 11.5 Å². The molecule has 1 aliphatic rings. The van der Waals surface area contributed by atoms with E-state index in [0.29, 0.717) is 31.3 Å². The van der Waals surface area contributed by atoms with Gasteiger partial charge in [-0.15, -0.1) is 0 Å². The van der Waals surface area contributed by atoms with E-state index in [2.05, 4.69) is 15.6 Å². The van der Waals surface area contributed by atoms with Gasteiger partial charge in [0.1, 0.15) is 7.11 Å². The monoisotopic (exact) mass is 263 g/mol. The zero-order valence-electron chi connectivity index (χ0n) is 11.0. The molecule has 0 saturated carbocycles. The molecule has 0 aromatic heterocycles. The Morgan fingerprint density at radius 1 is 1.42 bits per heavy atom. The lowest BCUT2D eigenvalue weighted by molar-refractivity contribution is 0.0836. The maximum absolute atomic E-state index is 5.20. The summed E-state index contributed by atoms with van der Waals surface area (Å²) in [6.45, 7) is 1.63. The zero-order valence-corrected chi connectivity index (χ0v) is 11.0. The fraction of sp³-hybridized carbons (Fsp3) is 0.385. The van der Waals surface area contributed by atoms with Gasteiger partial charge in [-0.25, -0.2) is 5.48 Å². The van der Waals surface area contributed by atoms with Gasteiger partial charge in [-0.3, -0.25) is 9.83 Å². The van der Waals surface area contributed by atoms with Crippen LogP contribution in [0.5, 0.6) is 0 Å². The van der Waals surface area contributed by atoms with E-state index < -0.39 is 0 Å². The lowest BCUT2D eigenvalue weighted by Gasteiger charge is -2.17. The fourth-order valence-electron chi connectivity index (χ4n) is 1.82. The van der Waals surface area contributed by atoms with Crippen LogP contribution in [0.25, 0.3) is 0 Å². The molecule has 0 unspecified atom stereocenters. The van der Waals surface area contributed by atoms with Crippen molar-refractivity contribution < 1.29 is 14.4 Å². The first-order chi connectivity index (χ1) is 9.36. The maximum Gasteiger partial charge on any atom is 0.175 e. The number of nitrogens with zero attached hydrogens (tertiary/aromatic N) is 2. The van der Waals surface area contributed by atoms with E-state index in [4.69, 9.17) is 14.4 Å². The SMILES string of the molecule is COCc1ccccc1/C(=N\OC)C1=NCCON1. The molecule has 0 bridgehead atoms. The van der Waals surface area contributed by atoms with E-state index in [9.17, 15) is 0 Å². The van der Waals surface area contributed by atoms with Crippen LogP contribution in [0.1, 0.15) is 11.1 Å². The first kappa shape index (κ1) is 13.5. The molecule has 0 aliphatic carbocycles. The molecule has 1 aromatic carbocycles. The molecule has 0 radical (unpaired) electrons. The van der Waals surface area contributed by atoms with Gasteiger partial charge in [-0.2, -0.15) is 0 Å². The predicted molar refractivity (Wildman–Crippen MR) is 72.1 cm³/mol. The highest BCUT2D eigenvalue weighted by Crippen LogP contribution is 2.13. The normalized spacial score (nSPS) is 15.7. The third-order valence-electron chi connectivity index (χ3n) is 2.61. The lowest BCUT2D eigenvalue weighted by Crippen LogP contribution is -2.37. The number of hydrogen-bond acceptors (Lipinski definition) is 6. The maximum atomic E-state index is 5.20. The molecule has 6 nitrogen and oxygen atoms in total. The molecule has 1 aliphatic heterocycles. The molecule has 102 valence electrons. The van der Waals surface area contributed by atoms with Gasteiger partial charge < -0.3 is 9.57 Å². The average molecular weight is 263 g/mol. The van der Waals surface area contributed by atoms with Crippen molar-refractivity contribution in [1.29, 1.82) is 0 Å². The first-order valence-electron chi connectivity index (χ1n) is 5.97. The summed E-state index contributed by atoms with van der Waals surface area (Å²) in [5, 5.41) is 4.05. The van der Waals surface area contributed by atoms with Crippen molar-refractivity contribution in [2.45, 2.75) is 6.61 Å². The predicted octanol–water partition coefficient (Wildman–Crippen LogP) is 1.12. The van der Waals surface area contributed by atoms with E-state index in [1.54, 1.807) is 7.11 Å². The van der Waals surface area contributed by atoms with E-state index in [0.717, 1.165) is 11.1 Å². The van der Waals surface area contributed by atoms with E-state index in [1.807, 2.05) is 24.3 Å². The summed E-state index contributed by atoms with van der Waals surface area (Å²) < 4.78 is 5.20. The Hall–Kier alpha value is -1.92. The van der Waals surface area contributed by atoms with Gasteiger partial charge in [0, 0.05) is 12.7 Å². The largest absolute Gasteiger partial charge is 0.399 e. The van der Waals surface area contributed by atoms with Crippen molar-refractivity contribution in [2.75, 3.05) is 27.4 Å². The Balaban J connectivity index is 2.39. The van der Waals surface area contributed by atoms with E-state index in [1.165, 1.54) is 7.11 Å². The third-order valence-corrected chi connectivity index (χ3v) is 2.61. The van der Waals surface area contributed by atoms with Gasteiger partial charge in [0.2, 0.25) is 0 Å². The van der Waals surface area contributed by atoms with E-state index >= 15 is 0 Å². The molecule has 0 atom stereocenters. The third kappa shape index (κ3) is 3.30. The minimum Gasteiger partial charge on any atom is -0.399 e. The number of amidine groups is 1. The molecule has 1 N–H and O–H groups in total. The van der Waals surface area contributed by atoms with Crippen LogP contribution in [-0.4, -0.2) is 38.9 Å². The van der Waals surface area contributed by atoms with Crippen molar-refractivity contribution in [3.63, 3.8) is 0 Å². The van der Waals surface area contributed by atoms with Crippen LogP contribution in [0.4, 0.5) is 0 Å². The second-order valence-corrected chi connectivity index (χ2v) is 3.89. The summed E-state index contributed by atoms with van der Waals surface area (Å²) in [6, 6.07) is 7.82. The number of ether oxygens (including phenoxy) is 1. The summed E-state index contributed by atoms with van der Waals surface area (Å²) in [6.07, 6.45) is 0. The van der Waals surface area contributed by atoms with Crippen LogP contribution >= 0.6 is 0 Å². The number of nitrogens with one attached hydrogen (secondary N) is 1. The van der Waals surface area contributed by atoms with Crippen LogP contribution in [0.2, 0.25) is 0 Å². The minimum absolute atomic E-state index is 0.493. The molecule has 0 spiro atoms. The van der Waals surface area contributed by atoms with Crippen LogP contribution in [-0.2, 0) is 21.0 Å². The summed E-state index contributed by atoms with van der Waals surface area (Å²) >= 11 is 0. The molecule has 2 rings (SSSR count). The summed E-state index contributed by atoms with van der Waals surface area (Å²) in [5.74, 6) is 0.566. The summed E-state index contributed by atoms with van der Waals surface area (Å²) in [7, 11) is 3.16. The van der Waals surface area contributed by atoms with Crippen molar-refractivity contribution in [3.8, 4) is 0 Å². The van der Waals surface area contributed by atoms with E-state index in [-0.39, 0.29) is 0 Å². The van der Waals surface area contributed by atoms with Crippen molar-refractivity contribution in [2.24, 2.45) is 10.1 Å². The number of rotatable bonds is 5. The molecule has 0 fully saturated rings. The number of hydrogen-bond donors (Lipinski definition) is 1. The number of methoxy groups -OCH3 is 1. The molecule has 6 heteroatoms. The molecular weight excluding hydrogens is 246 g/mol. The van der Waals surface area contributed by atoms with Crippen LogP contribution in [0.15, 0.2) is 34.4 Å². The molecule has 0 saturated heterocycles.